The second-order valence-corrected chi connectivity index (χ2v) is 12.6. The first-order valence-corrected chi connectivity index (χ1v) is 14.0. The highest BCUT2D eigenvalue weighted by molar-refractivity contribution is 9.10. The van der Waals surface area contributed by atoms with E-state index in [-0.39, 0.29) is 6.61 Å². The molecule has 0 bridgehead atoms. The number of hydrogen-bond acceptors (Lipinski definition) is 8. The minimum atomic E-state index is -0.873. The van der Waals surface area contributed by atoms with E-state index in [4.69, 9.17) is 46.9 Å². The Morgan fingerprint density at radius 2 is 1.87 bits per heavy atom. The molecule has 3 saturated heterocycles. The number of aromatic nitrogens is 2. The summed E-state index contributed by atoms with van der Waals surface area (Å²) in [7, 11) is 0. The number of imidazole rings is 1. The average molecular weight is 635 g/mol. The lowest BCUT2D eigenvalue weighted by Gasteiger charge is -2.28. The molecular formula is C25H30BrCl2N3O7. The number of likely N-dealkylation sites (tertiary alicyclic amines) is 1. The lowest BCUT2D eigenvalue weighted by molar-refractivity contribution is -0.202. The zero-order valence-corrected chi connectivity index (χ0v) is 24.8. The first-order chi connectivity index (χ1) is 17.7. The number of hydrogen-bond donors (Lipinski definition) is 0. The second-order valence-electron chi connectivity index (χ2n) is 11.1. The Labute approximate surface area is 238 Å². The van der Waals surface area contributed by atoms with Crippen LogP contribution in [0.15, 0.2) is 16.9 Å². The highest BCUT2D eigenvalue weighted by Crippen LogP contribution is 2.45. The van der Waals surface area contributed by atoms with Crippen LogP contribution < -0.4 is 0 Å². The van der Waals surface area contributed by atoms with Crippen LogP contribution in [0.4, 0.5) is 4.79 Å². The minimum absolute atomic E-state index is 0.0779. The molecule has 0 spiro atoms. The normalized spacial score (nSPS) is 28.6. The molecule has 1 aromatic carbocycles. The number of fused-ring (bicyclic) bond motifs is 2. The lowest BCUT2D eigenvalue weighted by atomic mass is 10.1. The van der Waals surface area contributed by atoms with E-state index in [1.807, 2.05) is 18.4 Å². The zero-order valence-electron chi connectivity index (χ0n) is 21.7. The molecule has 3 fully saturated rings. The van der Waals surface area contributed by atoms with Crippen molar-refractivity contribution in [3.8, 4) is 0 Å². The lowest BCUT2D eigenvalue weighted by Crippen LogP contribution is -2.45. The van der Waals surface area contributed by atoms with Gasteiger partial charge >= 0.3 is 12.1 Å². The van der Waals surface area contributed by atoms with Crippen LogP contribution in [0.2, 0.25) is 10.0 Å². The molecule has 0 saturated carbocycles. The summed E-state index contributed by atoms with van der Waals surface area (Å²) in [5.41, 5.74) is 0.659. The van der Waals surface area contributed by atoms with Gasteiger partial charge in [0.15, 0.2) is 16.7 Å². The van der Waals surface area contributed by atoms with Gasteiger partial charge in [0.05, 0.1) is 21.1 Å². The van der Waals surface area contributed by atoms with Crippen LogP contribution in [-0.2, 0) is 28.5 Å². The topological polar surface area (TPSA) is 101 Å². The summed E-state index contributed by atoms with van der Waals surface area (Å²) < 4.78 is 32.2. The van der Waals surface area contributed by atoms with E-state index in [2.05, 4.69) is 20.9 Å². The van der Waals surface area contributed by atoms with Crippen LogP contribution >= 0.6 is 39.1 Å². The van der Waals surface area contributed by atoms with E-state index in [0.717, 1.165) is 0 Å². The van der Waals surface area contributed by atoms with E-state index in [0.29, 0.717) is 45.2 Å². The number of ether oxygens (including phenoxy) is 5. The van der Waals surface area contributed by atoms with E-state index >= 15 is 0 Å². The Hall–Kier alpha value is -1.63. The van der Waals surface area contributed by atoms with Crippen molar-refractivity contribution in [3.63, 3.8) is 0 Å². The molecule has 38 heavy (non-hydrogen) atoms. The van der Waals surface area contributed by atoms with Crippen molar-refractivity contribution in [2.75, 3.05) is 13.2 Å². The Balaban J connectivity index is 1.34. The van der Waals surface area contributed by atoms with E-state index in [1.165, 1.54) is 4.90 Å². The summed E-state index contributed by atoms with van der Waals surface area (Å²) in [6.45, 7) is 9.35. The molecule has 2 aromatic rings. The number of esters is 1. The fourth-order valence-electron chi connectivity index (χ4n) is 5.12. The Bertz CT molecular complexity index is 1260. The van der Waals surface area contributed by atoms with Crippen molar-refractivity contribution in [3.05, 3.63) is 26.9 Å². The number of carbonyl (C=O) groups is 2. The van der Waals surface area contributed by atoms with Gasteiger partial charge in [-0.3, -0.25) is 9.47 Å². The van der Waals surface area contributed by atoms with Crippen LogP contribution in [0.1, 0.15) is 53.7 Å². The van der Waals surface area contributed by atoms with Gasteiger partial charge in [-0.2, -0.15) is 0 Å². The van der Waals surface area contributed by atoms with Crippen LogP contribution in [0.5, 0.6) is 0 Å². The molecule has 13 heteroatoms. The molecule has 0 N–H and O–H groups in total. The number of carbonyl (C=O) groups excluding carboxylic acids is 2. The number of amides is 1. The van der Waals surface area contributed by atoms with Gasteiger partial charge in [0, 0.05) is 6.54 Å². The van der Waals surface area contributed by atoms with Crippen molar-refractivity contribution in [1.29, 1.82) is 0 Å². The highest BCUT2D eigenvalue weighted by atomic mass is 79.9. The molecule has 1 amide bonds. The molecule has 3 aliphatic heterocycles. The Morgan fingerprint density at radius 1 is 1.18 bits per heavy atom. The summed E-state index contributed by atoms with van der Waals surface area (Å²) in [6, 6.07) is 2.68. The Kier molecular flexibility index (Phi) is 7.41. The zero-order chi connectivity index (χ0) is 27.6. The van der Waals surface area contributed by atoms with E-state index in [1.54, 1.807) is 32.9 Å². The summed E-state index contributed by atoms with van der Waals surface area (Å²) >= 11 is 16.0. The van der Waals surface area contributed by atoms with Gasteiger partial charge in [-0.1, -0.05) is 23.2 Å². The summed E-state index contributed by atoms with van der Waals surface area (Å²) in [6.07, 6.45) is -1.64. The maximum atomic E-state index is 13.1. The van der Waals surface area contributed by atoms with E-state index in [9.17, 15) is 9.59 Å². The van der Waals surface area contributed by atoms with Gasteiger partial charge < -0.3 is 23.7 Å². The smallest absolute Gasteiger partial charge is 0.411 e. The number of halogens is 3. The highest BCUT2D eigenvalue weighted by Gasteiger charge is 2.57. The minimum Gasteiger partial charge on any atom is -0.461 e. The van der Waals surface area contributed by atoms with Gasteiger partial charge in [-0.25, -0.2) is 14.6 Å². The van der Waals surface area contributed by atoms with Crippen LogP contribution in [-0.4, -0.2) is 75.4 Å². The van der Waals surface area contributed by atoms with Gasteiger partial charge in [0.25, 0.3) is 0 Å². The maximum Gasteiger partial charge on any atom is 0.411 e. The fraction of sp³-hybridized carbons (Fsp3) is 0.640. The molecule has 10 nitrogen and oxygen atoms in total. The monoisotopic (exact) mass is 633 g/mol. The molecular weight excluding hydrogens is 605 g/mol. The Morgan fingerprint density at radius 3 is 2.58 bits per heavy atom. The van der Waals surface area contributed by atoms with E-state index < -0.39 is 54.0 Å². The van der Waals surface area contributed by atoms with Gasteiger partial charge in [-0.05, 0) is 75.5 Å². The van der Waals surface area contributed by atoms with Crippen molar-refractivity contribution in [2.45, 2.75) is 89.4 Å². The van der Waals surface area contributed by atoms with Crippen LogP contribution in [0, 0.1) is 0 Å². The maximum absolute atomic E-state index is 13.1. The summed E-state index contributed by atoms with van der Waals surface area (Å²) in [4.78, 5) is 31.6. The third kappa shape index (κ3) is 5.38. The third-order valence-electron chi connectivity index (χ3n) is 6.61. The van der Waals surface area contributed by atoms with Crippen LogP contribution in [0.3, 0.4) is 0 Å². The summed E-state index contributed by atoms with van der Waals surface area (Å²) in [5, 5.41) is 0.767. The van der Waals surface area contributed by atoms with Gasteiger partial charge in [0.1, 0.15) is 36.6 Å². The number of rotatable bonds is 4. The van der Waals surface area contributed by atoms with Crippen LogP contribution in [0.25, 0.3) is 11.0 Å². The van der Waals surface area contributed by atoms with Crippen molar-refractivity contribution >= 4 is 62.2 Å². The second kappa shape index (κ2) is 10.1. The molecule has 3 aliphatic rings. The van der Waals surface area contributed by atoms with Crippen molar-refractivity contribution in [2.24, 2.45) is 0 Å². The predicted molar refractivity (Wildman–Crippen MR) is 142 cm³/mol. The molecule has 4 heterocycles. The SMILES string of the molecule is CC(C)(C)OC(=O)N1CCC[C@H]1C(=O)OC[C@H]1O[C@@H](n2c(Br)nc3cc(Cl)c(Cl)cc32)[C@@H]2OC(C)(C)O[C@@H]21. The van der Waals surface area contributed by atoms with Gasteiger partial charge in [-0.15, -0.1) is 0 Å². The third-order valence-corrected chi connectivity index (χ3v) is 7.89. The molecule has 5 atom stereocenters. The molecule has 5 rings (SSSR count). The average Bonchev–Trinajstić information content (AvgIpc) is 3.54. The number of benzene rings is 1. The quantitative estimate of drug-likeness (QED) is 0.409. The molecule has 0 unspecified atom stereocenters. The van der Waals surface area contributed by atoms with Crippen molar-refractivity contribution < 1.29 is 33.3 Å². The first kappa shape index (κ1) is 27.9. The van der Waals surface area contributed by atoms with Crippen molar-refractivity contribution in [1.82, 2.24) is 14.5 Å². The first-order valence-electron chi connectivity index (χ1n) is 12.4. The standard InChI is InChI=1S/C25H30BrCl2N3O7/c1-24(2,3)38-23(33)30-8-6-7-15(30)21(32)34-11-17-18-19(37-25(4,5)36-18)20(35-17)31-16-10-13(28)12(27)9-14(16)29-22(31)26/h9-10,15,17-20H,6-8,11H2,1-5H3/t15-,17+,18+,19+,20+/m0/s1. The largest absolute Gasteiger partial charge is 0.461 e. The van der Waals surface area contributed by atoms with Gasteiger partial charge in [0.2, 0.25) is 0 Å². The predicted octanol–water partition coefficient (Wildman–Crippen LogP) is 5.47. The molecule has 0 radical (unpaired) electrons. The molecule has 1 aromatic heterocycles. The molecule has 208 valence electrons. The molecule has 0 aliphatic carbocycles. The number of nitrogens with zero attached hydrogens (tertiary/aromatic N) is 3. The fourth-order valence-corrected chi connectivity index (χ4v) is 6.02. The summed E-state index contributed by atoms with van der Waals surface area (Å²) in [5.74, 6) is -1.38.